The standard InChI is InChI=1S/C17H14N4O2S/c1-11(22)19-13-7-5-12(6-8-13)15-10-24-17(20-15)21-16(23)14-4-2-3-9-18-14/h2-10H,1H3,(H,19,22)(H,20,21,23). The van der Waals surface area contributed by atoms with E-state index in [-0.39, 0.29) is 11.8 Å². The molecule has 0 radical (unpaired) electrons. The zero-order chi connectivity index (χ0) is 16.9. The zero-order valence-corrected chi connectivity index (χ0v) is 13.6. The van der Waals surface area contributed by atoms with Gasteiger partial charge in [-0.1, -0.05) is 18.2 Å². The number of carbonyl (C=O) groups is 2. The molecule has 120 valence electrons. The first-order valence-electron chi connectivity index (χ1n) is 7.18. The minimum atomic E-state index is -0.294. The van der Waals surface area contributed by atoms with Crippen molar-refractivity contribution < 1.29 is 9.59 Å². The zero-order valence-electron chi connectivity index (χ0n) is 12.8. The third-order valence-corrected chi connectivity index (χ3v) is 3.88. The Kier molecular flexibility index (Phi) is 4.62. The van der Waals surface area contributed by atoms with Crippen LogP contribution in [0.25, 0.3) is 11.3 Å². The van der Waals surface area contributed by atoms with Gasteiger partial charge in [0.05, 0.1) is 5.69 Å². The van der Waals surface area contributed by atoms with E-state index in [0.29, 0.717) is 10.8 Å². The molecule has 0 unspecified atom stereocenters. The van der Waals surface area contributed by atoms with Gasteiger partial charge in [-0.2, -0.15) is 0 Å². The number of hydrogen-bond donors (Lipinski definition) is 2. The molecule has 0 atom stereocenters. The second-order valence-corrected chi connectivity index (χ2v) is 5.82. The Hall–Kier alpha value is -3.06. The maximum Gasteiger partial charge on any atom is 0.276 e. The van der Waals surface area contributed by atoms with Crippen LogP contribution in [0.2, 0.25) is 0 Å². The van der Waals surface area contributed by atoms with Crippen molar-refractivity contribution in [2.45, 2.75) is 6.92 Å². The number of nitrogens with one attached hydrogen (secondary N) is 2. The van der Waals surface area contributed by atoms with Gasteiger partial charge in [-0.15, -0.1) is 11.3 Å². The summed E-state index contributed by atoms with van der Waals surface area (Å²) in [5.41, 5.74) is 2.73. The highest BCUT2D eigenvalue weighted by molar-refractivity contribution is 7.14. The van der Waals surface area contributed by atoms with Crippen molar-refractivity contribution in [2.24, 2.45) is 0 Å². The van der Waals surface area contributed by atoms with Gasteiger partial charge in [0, 0.05) is 29.8 Å². The van der Waals surface area contributed by atoms with Crippen LogP contribution in [0.5, 0.6) is 0 Å². The van der Waals surface area contributed by atoms with Gasteiger partial charge in [-0.05, 0) is 24.3 Å². The SMILES string of the molecule is CC(=O)Nc1ccc(-c2csc(NC(=O)c3ccccn3)n2)cc1. The fourth-order valence-electron chi connectivity index (χ4n) is 2.05. The predicted molar refractivity (Wildman–Crippen MR) is 94.0 cm³/mol. The molecule has 24 heavy (non-hydrogen) atoms. The summed E-state index contributed by atoms with van der Waals surface area (Å²) in [5, 5.41) is 7.82. The fourth-order valence-corrected chi connectivity index (χ4v) is 2.76. The molecule has 2 heterocycles. The molecule has 0 aliphatic heterocycles. The predicted octanol–water partition coefficient (Wildman–Crippen LogP) is 3.42. The summed E-state index contributed by atoms with van der Waals surface area (Å²) >= 11 is 1.34. The van der Waals surface area contributed by atoms with Crippen LogP contribution in [-0.2, 0) is 4.79 Å². The smallest absolute Gasteiger partial charge is 0.276 e. The van der Waals surface area contributed by atoms with Crippen molar-refractivity contribution >= 4 is 34.0 Å². The first-order chi connectivity index (χ1) is 11.6. The Balaban J connectivity index is 1.71. The number of hydrogen-bond acceptors (Lipinski definition) is 5. The van der Waals surface area contributed by atoms with Gasteiger partial charge in [-0.25, -0.2) is 4.98 Å². The van der Waals surface area contributed by atoms with E-state index in [2.05, 4.69) is 20.6 Å². The molecule has 0 saturated heterocycles. The summed E-state index contributed by atoms with van der Waals surface area (Å²) in [6.45, 7) is 1.46. The number of anilines is 2. The molecule has 0 spiro atoms. The van der Waals surface area contributed by atoms with Gasteiger partial charge < -0.3 is 5.32 Å². The summed E-state index contributed by atoms with van der Waals surface area (Å²) in [4.78, 5) is 31.5. The minimum absolute atomic E-state index is 0.115. The number of rotatable bonds is 4. The van der Waals surface area contributed by atoms with E-state index in [9.17, 15) is 9.59 Å². The maximum absolute atomic E-state index is 12.1. The van der Waals surface area contributed by atoms with Crippen molar-refractivity contribution in [3.05, 3.63) is 59.7 Å². The molecule has 7 heteroatoms. The largest absolute Gasteiger partial charge is 0.326 e. The molecular weight excluding hydrogens is 324 g/mol. The van der Waals surface area contributed by atoms with Crippen LogP contribution in [0, 0.1) is 0 Å². The molecule has 2 aromatic heterocycles. The van der Waals surface area contributed by atoms with Crippen LogP contribution < -0.4 is 10.6 Å². The van der Waals surface area contributed by atoms with Gasteiger partial charge in [0.25, 0.3) is 5.91 Å². The molecule has 1 aromatic carbocycles. The second kappa shape index (κ2) is 7.01. The monoisotopic (exact) mass is 338 g/mol. The number of benzene rings is 1. The van der Waals surface area contributed by atoms with Gasteiger partial charge in [-0.3, -0.25) is 19.9 Å². The normalized spacial score (nSPS) is 10.2. The van der Waals surface area contributed by atoms with Crippen molar-refractivity contribution in [1.82, 2.24) is 9.97 Å². The Bertz CT molecular complexity index is 860. The molecule has 2 amide bonds. The van der Waals surface area contributed by atoms with Gasteiger partial charge in [0.1, 0.15) is 5.69 Å². The molecule has 2 N–H and O–H groups in total. The number of thiazole rings is 1. The van der Waals surface area contributed by atoms with Crippen LogP contribution in [-0.4, -0.2) is 21.8 Å². The third-order valence-electron chi connectivity index (χ3n) is 3.12. The average Bonchev–Trinajstić information content (AvgIpc) is 3.04. The molecular formula is C17H14N4O2S. The summed E-state index contributed by atoms with van der Waals surface area (Å²) in [7, 11) is 0. The van der Waals surface area contributed by atoms with E-state index >= 15 is 0 Å². The molecule has 3 aromatic rings. The Morgan fingerprint density at radius 1 is 1.04 bits per heavy atom. The molecule has 0 aliphatic carbocycles. The van der Waals surface area contributed by atoms with E-state index in [1.165, 1.54) is 18.3 Å². The lowest BCUT2D eigenvalue weighted by Crippen LogP contribution is -2.13. The first-order valence-corrected chi connectivity index (χ1v) is 8.06. The second-order valence-electron chi connectivity index (χ2n) is 4.97. The molecule has 3 rings (SSSR count). The number of nitrogens with zero attached hydrogens (tertiary/aromatic N) is 2. The van der Waals surface area contributed by atoms with Crippen LogP contribution in [0.3, 0.4) is 0 Å². The van der Waals surface area contributed by atoms with Gasteiger partial charge in [0.2, 0.25) is 5.91 Å². The lowest BCUT2D eigenvalue weighted by Gasteiger charge is -2.03. The van der Waals surface area contributed by atoms with Crippen molar-refractivity contribution in [2.75, 3.05) is 10.6 Å². The molecule has 6 nitrogen and oxygen atoms in total. The lowest BCUT2D eigenvalue weighted by atomic mass is 10.1. The minimum Gasteiger partial charge on any atom is -0.326 e. The number of pyridine rings is 1. The van der Waals surface area contributed by atoms with E-state index in [4.69, 9.17) is 0 Å². The summed E-state index contributed by atoms with van der Waals surface area (Å²) in [6.07, 6.45) is 1.57. The van der Waals surface area contributed by atoms with E-state index in [1.807, 2.05) is 29.6 Å². The molecule has 0 saturated carbocycles. The lowest BCUT2D eigenvalue weighted by molar-refractivity contribution is -0.114. The maximum atomic E-state index is 12.1. The summed E-state index contributed by atoms with van der Waals surface area (Å²) in [6, 6.07) is 12.5. The topological polar surface area (TPSA) is 84.0 Å². The highest BCUT2D eigenvalue weighted by Crippen LogP contribution is 2.26. The van der Waals surface area contributed by atoms with E-state index < -0.39 is 0 Å². The van der Waals surface area contributed by atoms with Crippen molar-refractivity contribution in [1.29, 1.82) is 0 Å². The van der Waals surface area contributed by atoms with Crippen LogP contribution in [0.4, 0.5) is 10.8 Å². The molecule has 0 fully saturated rings. The highest BCUT2D eigenvalue weighted by atomic mass is 32.1. The Labute approximate surface area is 142 Å². The quantitative estimate of drug-likeness (QED) is 0.763. The van der Waals surface area contributed by atoms with E-state index in [1.54, 1.807) is 24.4 Å². The van der Waals surface area contributed by atoms with Crippen LogP contribution in [0.15, 0.2) is 54.0 Å². The van der Waals surface area contributed by atoms with Crippen LogP contribution in [0.1, 0.15) is 17.4 Å². The Morgan fingerprint density at radius 3 is 2.50 bits per heavy atom. The van der Waals surface area contributed by atoms with Crippen molar-refractivity contribution in [3.63, 3.8) is 0 Å². The number of amides is 2. The Morgan fingerprint density at radius 2 is 1.83 bits per heavy atom. The number of aromatic nitrogens is 2. The van der Waals surface area contributed by atoms with E-state index in [0.717, 1.165) is 16.9 Å². The van der Waals surface area contributed by atoms with Gasteiger partial charge in [0.15, 0.2) is 5.13 Å². The molecule has 0 bridgehead atoms. The third kappa shape index (κ3) is 3.82. The van der Waals surface area contributed by atoms with Gasteiger partial charge >= 0.3 is 0 Å². The fraction of sp³-hybridized carbons (Fsp3) is 0.0588. The average molecular weight is 338 g/mol. The molecule has 0 aliphatic rings. The first kappa shape index (κ1) is 15.8. The summed E-state index contributed by atoms with van der Waals surface area (Å²) in [5.74, 6) is -0.409. The highest BCUT2D eigenvalue weighted by Gasteiger charge is 2.10. The summed E-state index contributed by atoms with van der Waals surface area (Å²) < 4.78 is 0. The van der Waals surface area contributed by atoms with Crippen molar-refractivity contribution in [3.8, 4) is 11.3 Å². The number of carbonyl (C=O) groups excluding carboxylic acids is 2. The van der Waals surface area contributed by atoms with Crippen LogP contribution >= 0.6 is 11.3 Å².